The Morgan fingerprint density at radius 1 is 1.42 bits per heavy atom. The van der Waals surface area contributed by atoms with Crippen LogP contribution in [-0.2, 0) is 4.74 Å². The van der Waals surface area contributed by atoms with Crippen molar-refractivity contribution in [2.24, 2.45) is 22.4 Å². The van der Waals surface area contributed by atoms with Gasteiger partial charge < -0.3 is 21.4 Å². The summed E-state index contributed by atoms with van der Waals surface area (Å²) >= 11 is 0. The minimum absolute atomic E-state index is 0.168. The Morgan fingerprint density at radius 3 is 2.42 bits per heavy atom. The molecule has 0 spiro atoms. The van der Waals surface area contributed by atoms with Gasteiger partial charge in [0, 0.05) is 13.2 Å². The second kappa shape index (κ2) is 10.4. The average molecular weight is 276 g/mol. The first kappa shape index (κ1) is 17.4. The maximum absolute atomic E-state index is 8.36. The van der Waals surface area contributed by atoms with E-state index < -0.39 is 5.09 Å². The lowest BCUT2D eigenvalue weighted by Crippen LogP contribution is -2.23. The van der Waals surface area contributed by atoms with Gasteiger partial charge in [-0.2, -0.15) is 0 Å². The third-order valence-electron chi connectivity index (χ3n) is 2.91. The molecule has 0 unspecified atom stereocenters. The van der Waals surface area contributed by atoms with Gasteiger partial charge in [-0.25, -0.2) is 0 Å². The molecule has 0 heterocycles. The second-order valence-corrected chi connectivity index (χ2v) is 4.65. The van der Waals surface area contributed by atoms with Gasteiger partial charge in [-0.05, 0) is 38.0 Å². The predicted octanol–water partition coefficient (Wildman–Crippen LogP) is 0.898. The van der Waals surface area contributed by atoms with Gasteiger partial charge in [0.25, 0.3) is 5.09 Å². The number of ether oxygens (including phenoxy) is 1. The molecule has 1 rings (SSSR count). The van der Waals surface area contributed by atoms with E-state index in [2.05, 4.69) is 11.9 Å². The Kier molecular flexibility index (Phi) is 9.51. The largest absolute Gasteiger partial charge is 0.378 e. The molecule has 8 nitrogen and oxygen atoms in total. The molecule has 0 aliphatic heterocycles. The molecule has 1 aliphatic carbocycles. The van der Waals surface area contributed by atoms with Crippen LogP contribution < -0.4 is 11.5 Å². The SMILES string of the molecule is CC1CCC(OCCCN=C(N)N)CC1.O=[N+]([O-])O. The first-order valence-electron chi connectivity index (χ1n) is 6.42. The quantitative estimate of drug-likeness (QED) is 0.224. The standard InChI is InChI=1S/C11H23N3O.HNO3/c1-9-3-5-10(6-4-9)15-8-2-7-14-11(12)13;2-1(3)4/h9-10H,2-8H2,1H3,(H4,12,13,14);(H,2,3,4). The number of aliphatic imine (C=N–C) groups is 1. The molecule has 1 fully saturated rings. The average Bonchev–Trinajstić information content (AvgIpc) is 2.30. The highest BCUT2D eigenvalue weighted by molar-refractivity contribution is 5.75. The van der Waals surface area contributed by atoms with Crippen LogP contribution >= 0.6 is 0 Å². The molecule has 0 amide bonds. The van der Waals surface area contributed by atoms with Gasteiger partial charge in [0.15, 0.2) is 5.96 Å². The zero-order valence-corrected chi connectivity index (χ0v) is 11.3. The lowest BCUT2D eigenvalue weighted by Gasteiger charge is -2.26. The summed E-state index contributed by atoms with van der Waals surface area (Å²) in [5, 5.41) is 13.6. The van der Waals surface area contributed by atoms with Gasteiger partial charge in [0.05, 0.1) is 6.10 Å². The van der Waals surface area contributed by atoms with Crippen molar-refractivity contribution in [3.05, 3.63) is 10.1 Å². The number of guanidine groups is 1. The fraction of sp³-hybridized carbons (Fsp3) is 0.909. The lowest BCUT2D eigenvalue weighted by molar-refractivity contribution is -0.742. The third-order valence-corrected chi connectivity index (χ3v) is 2.91. The van der Waals surface area contributed by atoms with Crippen LogP contribution in [0.15, 0.2) is 4.99 Å². The van der Waals surface area contributed by atoms with Crippen LogP contribution in [0.4, 0.5) is 0 Å². The smallest absolute Gasteiger partial charge is 0.291 e. The minimum atomic E-state index is -1.50. The van der Waals surface area contributed by atoms with E-state index in [1.807, 2.05) is 0 Å². The van der Waals surface area contributed by atoms with Crippen molar-refractivity contribution < 1.29 is 15.0 Å². The zero-order valence-electron chi connectivity index (χ0n) is 11.3. The van der Waals surface area contributed by atoms with E-state index in [9.17, 15) is 0 Å². The molecule has 5 N–H and O–H groups in total. The number of nitrogens with two attached hydrogens (primary N) is 2. The summed E-state index contributed by atoms with van der Waals surface area (Å²) in [7, 11) is 0. The highest BCUT2D eigenvalue weighted by atomic mass is 16.9. The van der Waals surface area contributed by atoms with Crippen molar-refractivity contribution in [1.82, 2.24) is 0 Å². The van der Waals surface area contributed by atoms with Gasteiger partial charge in [-0.3, -0.25) is 4.99 Å². The van der Waals surface area contributed by atoms with Crippen LogP contribution in [0.1, 0.15) is 39.0 Å². The molecule has 0 atom stereocenters. The van der Waals surface area contributed by atoms with Crippen LogP contribution in [0.25, 0.3) is 0 Å². The minimum Gasteiger partial charge on any atom is -0.378 e. The Balaban J connectivity index is 0.000000711. The van der Waals surface area contributed by atoms with Crippen LogP contribution in [0, 0.1) is 16.0 Å². The summed E-state index contributed by atoms with van der Waals surface area (Å²) in [4.78, 5) is 12.3. The van der Waals surface area contributed by atoms with E-state index >= 15 is 0 Å². The summed E-state index contributed by atoms with van der Waals surface area (Å²) in [5.74, 6) is 1.05. The Morgan fingerprint density at radius 2 is 1.95 bits per heavy atom. The van der Waals surface area contributed by atoms with E-state index in [1.165, 1.54) is 25.7 Å². The first-order chi connectivity index (χ1) is 8.91. The number of rotatable bonds is 5. The molecule has 8 heteroatoms. The van der Waals surface area contributed by atoms with Gasteiger partial charge in [0.2, 0.25) is 0 Å². The van der Waals surface area contributed by atoms with Crippen molar-refractivity contribution in [3.8, 4) is 0 Å². The maximum atomic E-state index is 8.36. The van der Waals surface area contributed by atoms with Crippen LogP contribution in [0.5, 0.6) is 0 Å². The van der Waals surface area contributed by atoms with E-state index in [4.69, 9.17) is 31.5 Å². The molecule has 0 aromatic heterocycles. The van der Waals surface area contributed by atoms with Gasteiger partial charge in [0.1, 0.15) is 0 Å². The number of nitrogens with zero attached hydrogens (tertiary/aromatic N) is 2. The zero-order chi connectivity index (χ0) is 14.7. The Hall–Kier alpha value is -1.57. The summed E-state index contributed by atoms with van der Waals surface area (Å²) in [6, 6.07) is 0. The monoisotopic (exact) mass is 276 g/mol. The highest BCUT2D eigenvalue weighted by Crippen LogP contribution is 2.25. The third kappa shape index (κ3) is 12.7. The fourth-order valence-electron chi connectivity index (χ4n) is 1.92. The van der Waals surface area contributed by atoms with E-state index in [0.717, 1.165) is 18.9 Å². The summed E-state index contributed by atoms with van der Waals surface area (Å²) in [5.41, 5.74) is 10.4. The predicted molar refractivity (Wildman–Crippen MR) is 71.4 cm³/mol. The van der Waals surface area contributed by atoms with Gasteiger partial charge in [-0.15, -0.1) is 10.1 Å². The molecular weight excluding hydrogens is 252 g/mol. The van der Waals surface area contributed by atoms with E-state index in [-0.39, 0.29) is 5.96 Å². The van der Waals surface area contributed by atoms with Crippen LogP contribution in [-0.4, -0.2) is 35.5 Å². The molecule has 0 aromatic carbocycles. The fourth-order valence-corrected chi connectivity index (χ4v) is 1.92. The molecule has 1 aliphatic rings. The molecule has 112 valence electrons. The van der Waals surface area contributed by atoms with Crippen LogP contribution in [0.2, 0.25) is 0 Å². The van der Waals surface area contributed by atoms with Crippen molar-refractivity contribution in [3.63, 3.8) is 0 Å². The van der Waals surface area contributed by atoms with Gasteiger partial charge in [-0.1, -0.05) is 6.92 Å². The maximum Gasteiger partial charge on any atom is 0.291 e. The topological polar surface area (TPSA) is 137 Å². The van der Waals surface area contributed by atoms with Crippen molar-refractivity contribution in [1.29, 1.82) is 0 Å². The van der Waals surface area contributed by atoms with Crippen LogP contribution in [0.3, 0.4) is 0 Å². The number of hydrogen-bond acceptors (Lipinski definition) is 4. The molecule has 0 bridgehead atoms. The van der Waals surface area contributed by atoms with Crippen molar-refractivity contribution in [2.45, 2.75) is 45.1 Å². The van der Waals surface area contributed by atoms with Gasteiger partial charge >= 0.3 is 0 Å². The molecule has 1 saturated carbocycles. The number of hydrogen-bond donors (Lipinski definition) is 3. The van der Waals surface area contributed by atoms with E-state index in [0.29, 0.717) is 12.6 Å². The summed E-state index contributed by atoms with van der Waals surface area (Å²) in [6.45, 7) is 3.76. The normalized spacial score (nSPS) is 21.9. The second-order valence-electron chi connectivity index (χ2n) is 4.65. The summed E-state index contributed by atoms with van der Waals surface area (Å²) < 4.78 is 5.76. The Labute approximate surface area is 112 Å². The van der Waals surface area contributed by atoms with Crippen molar-refractivity contribution >= 4 is 5.96 Å². The molecule has 0 radical (unpaired) electrons. The molecule has 0 aromatic rings. The molecule has 19 heavy (non-hydrogen) atoms. The lowest BCUT2D eigenvalue weighted by atomic mass is 9.89. The van der Waals surface area contributed by atoms with Crippen molar-refractivity contribution in [2.75, 3.05) is 13.2 Å². The first-order valence-corrected chi connectivity index (χ1v) is 6.42. The molecular formula is C11H24N4O4. The highest BCUT2D eigenvalue weighted by Gasteiger charge is 2.17. The Bertz CT molecular complexity index is 270. The summed E-state index contributed by atoms with van der Waals surface area (Å²) in [6.07, 6.45) is 6.41. The molecule has 0 saturated heterocycles. The van der Waals surface area contributed by atoms with E-state index in [1.54, 1.807) is 0 Å².